The van der Waals surface area contributed by atoms with Gasteiger partial charge in [0.2, 0.25) is 0 Å². The van der Waals surface area contributed by atoms with E-state index in [1.807, 2.05) is 6.08 Å². The third kappa shape index (κ3) is 3.35. The Bertz CT molecular complexity index is 438. The number of allylic oxidation sites excluding steroid dienone is 4. The molecule has 0 aromatic heterocycles. The molecule has 1 amide bonds. The molecule has 1 aliphatic carbocycles. The summed E-state index contributed by atoms with van der Waals surface area (Å²) in [5, 5.41) is 3.41. The number of likely N-dealkylation sites (N-methyl/N-ethyl adjacent to an activating group) is 1. The molecule has 1 N–H and O–H groups in total. The molecule has 0 atom stereocenters. The predicted octanol–water partition coefficient (Wildman–Crippen LogP) is 2.28. The summed E-state index contributed by atoms with van der Waals surface area (Å²) in [7, 11) is 3.61. The molecule has 2 rings (SSSR count). The molecule has 0 aromatic carbocycles. The van der Waals surface area contributed by atoms with Crippen molar-refractivity contribution >= 4 is 5.91 Å². The van der Waals surface area contributed by atoms with Gasteiger partial charge in [-0.25, -0.2) is 0 Å². The largest absolute Gasteiger partial charge is 0.345 e. The fraction of sp³-hybridized carbons (Fsp3) is 0.562. The Balaban J connectivity index is 2.16. The summed E-state index contributed by atoms with van der Waals surface area (Å²) in [5.41, 5.74) is 3.52. The Morgan fingerprint density at radius 3 is 2.58 bits per heavy atom. The van der Waals surface area contributed by atoms with E-state index in [0.29, 0.717) is 5.92 Å². The molecule has 0 radical (unpaired) electrons. The second-order valence-corrected chi connectivity index (χ2v) is 5.61. The van der Waals surface area contributed by atoms with Gasteiger partial charge < -0.3 is 10.2 Å². The fourth-order valence-corrected chi connectivity index (χ4v) is 2.88. The summed E-state index contributed by atoms with van der Waals surface area (Å²) in [6.45, 7) is 4.34. The predicted molar refractivity (Wildman–Crippen MR) is 78.8 cm³/mol. The molecule has 1 heterocycles. The highest BCUT2D eigenvalue weighted by Crippen LogP contribution is 2.30. The van der Waals surface area contributed by atoms with E-state index in [0.717, 1.165) is 25.1 Å². The zero-order chi connectivity index (χ0) is 13.8. The number of nitrogens with one attached hydrogen (secondary N) is 1. The molecule has 0 aromatic rings. The van der Waals surface area contributed by atoms with Crippen LogP contribution in [0.5, 0.6) is 0 Å². The molecule has 1 fully saturated rings. The summed E-state index contributed by atoms with van der Waals surface area (Å²) in [6.07, 6.45) is 9.67. The van der Waals surface area contributed by atoms with Crippen LogP contribution in [0.2, 0.25) is 0 Å². The number of hydrogen-bond donors (Lipinski definition) is 1. The highest BCUT2D eigenvalue weighted by molar-refractivity contribution is 5.96. The molecule has 0 unspecified atom stereocenters. The van der Waals surface area contributed by atoms with Crippen molar-refractivity contribution in [2.45, 2.75) is 26.2 Å². The van der Waals surface area contributed by atoms with E-state index in [2.05, 4.69) is 24.4 Å². The van der Waals surface area contributed by atoms with Crippen LogP contribution in [0.25, 0.3) is 0 Å². The lowest BCUT2D eigenvalue weighted by Gasteiger charge is -2.25. The molecular formula is C16H24N2O. The van der Waals surface area contributed by atoms with Crippen molar-refractivity contribution in [1.82, 2.24) is 10.2 Å². The fourth-order valence-electron chi connectivity index (χ4n) is 2.88. The monoisotopic (exact) mass is 260 g/mol. The zero-order valence-electron chi connectivity index (χ0n) is 12.2. The number of rotatable bonds is 2. The third-order valence-electron chi connectivity index (χ3n) is 3.93. The van der Waals surface area contributed by atoms with Gasteiger partial charge in [-0.05, 0) is 62.4 Å². The van der Waals surface area contributed by atoms with E-state index >= 15 is 0 Å². The summed E-state index contributed by atoms with van der Waals surface area (Å²) < 4.78 is 0. The second kappa shape index (κ2) is 6.20. The maximum Gasteiger partial charge on any atom is 0.253 e. The van der Waals surface area contributed by atoms with E-state index in [1.54, 1.807) is 19.0 Å². The van der Waals surface area contributed by atoms with Gasteiger partial charge in [0.05, 0.1) is 0 Å². The van der Waals surface area contributed by atoms with Crippen molar-refractivity contribution in [2.24, 2.45) is 5.92 Å². The molecule has 19 heavy (non-hydrogen) atoms. The van der Waals surface area contributed by atoms with Crippen LogP contribution in [0.1, 0.15) is 26.2 Å². The minimum absolute atomic E-state index is 0.0966. The standard InChI is InChI=1S/C16H24N2O/c1-12-11-14(16(19)18(2)3)5-4-6-15(12)13-7-9-17-10-8-13/h5-6,11,13,17H,4,7-10H2,1-3H3. The first-order chi connectivity index (χ1) is 9.09. The lowest BCUT2D eigenvalue weighted by atomic mass is 9.85. The SMILES string of the molecule is CC1=CC(C(=O)N(C)C)=CCC=C1C1CCNCC1. The van der Waals surface area contributed by atoms with Crippen LogP contribution in [0, 0.1) is 5.92 Å². The highest BCUT2D eigenvalue weighted by Gasteiger charge is 2.20. The summed E-state index contributed by atoms with van der Waals surface area (Å²) in [4.78, 5) is 13.7. The van der Waals surface area contributed by atoms with Gasteiger partial charge in [0, 0.05) is 19.7 Å². The Labute approximate surface area is 116 Å². The van der Waals surface area contributed by atoms with Crippen molar-refractivity contribution in [2.75, 3.05) is 27.2 Å². The van der Waals surface area contributed by atoms with Gasteiger partial charge in [-0.1, -0.05) is 12.2 Å². The van der Waals surface area contributed by atoms with Crippen LogP contribution in [-0.2, 0) is 4.79 Å². The maximum absolute atomic E-state index is 12.1. The Morgan fingerprint density at radius 1 is 1.26 bits per heavy atom. The van der Waals surface area contributed by atoms with E-state index < -0.39 is 0 Å². The van der Waals surface area contributed by atoms with E-state index in [-0.39, 0.29) is 5.91 Å². The lowest BCUT2D eigenvalue weighted by Crippen LogP contribution is -2.28. The van der Waals surface area contributed by atoms with Gasteiger partial charge in [-0.15, -0.1) is 0 Å². The van der Waals surface area contributed by atoms with Crippen molar-refractivity contribution in [3.8, 4) is 0 Å². The number of hydrogen-bond acceptors (Lipinski definition) is 2. The third-order valence-corrected chi connectivity index (χ3v) is 3.93. The molecule has 3 nitrogen and oxygen atoms in total. The second-order valence-electron chi connectivity index (χ2n) is 5.61. The van der Waals surface area contributed by atoms with Crippen molar-refractivity contribution in [3.63, 3.8) is 0 Å². The summed E-state index contributed by atoms with van der Waals surface area (Å²) >= 11 is 0. The van der Waals surface area contributed by atoms with Crippen LogP contribution in [0.15, 0.2) is 34.9 Å². The van der Waals surface area contributed by atoms with Crippen molar-refractivity contribution < 1.29 is 4.79 Å². The quantitative estimate of drug-likeness (QED) is 0.826. The van der Waals surface area contributed by atoms with Gasteiger partial charge in [0.15, 0.2) is 0 Å². The van der Waals surface area contributed by atoms with E-state index in [4.69, 9.17) is 0 Å². The number of amides is 1. The first-order valence-corrected chi connectivity index (χ1v) is 7.11. The van der Waals surface area contributed by atoms with Gasteiger partial charge in [0.1, 0.15) is 0 Å². The lowest BCUT2D eigenvalue weighted by molar-refractivity contribution is -0.124. The normalized spacial score (nSPS) is 21.1. The van der Waals surface area contributed by atoms with E-state index in [9.17, 15) is 4.79 Å². The first-order valence-electron chi connectivity index (χ1n) is 7.11. The number of nitrogens with zero attached hydrogens (tertiary/aromatic N) is 1. The number of carbonyl (C=O) groups is 1. The van der Waals surface area contributed by atoms with Gasteiger partial charge >= 0.3 is 0 Å². The minimum atomic E-state index is 0.0966. The molecular weight excluding hydrogens is 236 g/mol. The Kier molecular flexibility index (Phi) is 4.59. The van der Waals surface area contributed by atoms with Crippen LogP contribution in [0.4, 0.5) is 0 Å². The first kappa shape index (κ1) is 14.1. The maximum atomic E-state index is 12.1. The van der Waals surface area contributed by atoms with Crippen LogP contribution in [0.3, 0.4) is 0 Å². The van der Waals surface area contributed by atoms with Gasteiger partial charge in [-0.3, -0.25) is 4.79 Å². The minimum Gasteiger partial charge on any atom is -0.345 e. The van der Waals surface area contributed by atoms with Crippen LogP contribution in [-0.4, -0.2) is 38.0 Å². The van der Waals surface area contributed by atoms with Crippen LogP contribution >= 0.6 is 0 Å². The molecule has 1 saturated heterocycles. The van der Waals surface area contributed by atoms with Crippen molar-refractivity contribution in [1.29, 1.82) is 0 Å². The summed E-state index contributed by atoms with van der Waals surface area (Å²) in [6, 6.07) is 0. The molecule has 3 heteroatoms. The average molecular weight is 260 g/mol. The molecule has 1 aliphatic heterocycles. The Morgan fingerprint density at radius 2 is 1.95 bits per heavy atom. The molecule has 0 bridgehead atoms. The van der Waals surface area contributed by atoms with Crippen molar-refractivity contribution in [3.05, 3.63) is 34.9 Å². The smallest absolute Gasteiger partial charge is 0.253 e. The number of piperidine rings is 1. The van der Waals surface area contributed by atoms with Gasteiger partial charge in [0.25, 0.3) is 5.91 Å². The summed E-state index contributed by atoms with van der Waals surface area (Å²) in [5.74, 6) is 0.749. The molecule has 104 valence electrons. The number of carbonyl (C=O) groups excluding carboxylic acids is 1. The van der Waals surface area contributed by atoms with E-state index in [1.165, 1.54) is 24.0 Å². The topological polar surface area (TPSA) is 32.3 Å². The highest BCUT2D eigenvalue weighted by atomic mass is 16.2. The van der Waals surface area contributed by atoms with Gasteiger partial charge in [-0.2, -0.15) is 0 Å². The molecule has 0 spiro atoms. The molecule has 2 aliphatic rings. The zero-order valence-corrected chi connectivity index (χ0v) is 12.2. The average Bonchev–Trinajstić information content (AvgIpc) is 2.60. The van der Waals surface area contributed by atoms with Crippen LogP contribution < -0.4 is 5.32 Å². The molecule has 0 saturated carbocycles. The Hall–Kier alpha value is -1.35.